The molecule has 0 unspecified atom stereocenters. The number of aromatic nitrogens is 1. The highest BCUT2D eigenvalue weighted by Gasteiger charge is 2.18. The summed E-state index contributed by atoms with van der Waals surface area (Å²) < 4.78 is 0. The normalized spacial score (nSPS) is 11.4. The van der Waals surface area contributed by atoms with Gasteiger partial charge in [-0.05, 0) is 24.8 Å². The summed E-state index contributed by atoms with van der Waals surface area (Å²) in [5.74, 6) is -0.868. The fraction of sp³-hybridized carbons (Fsp3) is 0.643. The molecule has 0 saturated heterocycles. The number of rotatable bonds is 9. The molecule has 6 nitrogen and oxygen atoms in total. The molecule has 0 aliphatic rings. The van der Waals surface area contributed by atoms with Crippen molar-refractivity contribution in [1.29, 1.82) is 0 Å². The molecule has 118 valence electrons. The summed E-state index contributed by atoms with van der Waals surface area (Å²) in [7, 11) is 0. The number of aliphatic carboxylic acids is 1. The van der Waals surface area contributed by atoms with Crippen LogP contribution in [0.15, 0.2) is 5.38 Å². The van der Waals surface area contributed by atoms with E-state index in [-0.39, 0.29) is 17.7 Å². The number of carbonyl (C=O) groups is 2. The van der Waals surface area contributed by atoms with E-state index >= 15 is 0 Å². The Kier molecular flexibility index (Phi) is 6.77. The second kappa shape index (κ2) is 8.09. The van der Waals surface area contributed by atoms with E-state index in [0.29, 0.717) is 18.1 Å². The molecule has 0 fully saturated rings. The number of carbonyl (C=O) groups excluding carboxylic acids is 1. The van der Waals surface area contributed by atoms with Gasteiger partial charge in [-0.3, -0.25) is 9.59 Å². The first kappa shape index (κ1) is 17.6. The molecule has 1 aromatic rings. The van der Waals surface area contributed by atoms with Crippen LogP contribution in [0.2, 0.25) is 0 Å². The summed E-state index contributed by atoms with van der Waals surface area (Å²) >= 11 is 1.40. The third kappa shape index (κ3) is 7.77. The maximum absolute atomic E-state index is 10.9. The van der Waals surface area contributed by atoms with Crippen LogP contribution in [-0.2, 0) is 16.1 Å². The Morgan fingerprint density at radius 1 is 1.38 bits per heavy atom. The van der Waals surface area contributed by atoms with Crippen LogP contribution in [0.25, 0.3) is 0 Å². The SMILES string of the molecule is CC(=O)Nc1nc(CNCCC(C)(C)CCC(=O)O)cs1. The minimum Gasteiger partial charge on any atom is -0.481 e. The first-order valence-electron chi connectivity index (χ1n) is 6.93. The van der Waals surface area contributed by atoms with E-state index in [0.717, 1.165) is 18.7 Å². The van der Waals surface area contributed by atoms with Crippen molar-refractivity contribution in [2.24, 2.45) is 5.41 Å². The molecule has 0 bridgehead atoms. The summed E-state index contributed by atoms with van der Waals surface area (Å²) in [4.78, 5) is 25.8. The van der Waals surface area contributed by atoms with Gasteiger partial charge in [0.25, 0.3) is 0 Å². The number of thiazole rings is 1. The highest BCUT2D eigenvalue weighted by molar-refractivity contribution is 7.13. The van der Waals surface area contributed by atoms with Crippen LogP contribution in [0.1, 0.15) is 45.7 Å². The molecule has 7 heteroatoms. The van der Waals surface area contributed by atoms with E-state index in [2.05, 4.69) is 29.5 Å². The number of amides is 1. The van der Waals surface area contributed by atoms with E-state index in [9.17, 15) is 9.59 Å². The maximum atomic E-state index is 10.9. The zero-order chi connectivity index (χ0) is 15.9. The fourth-order valence-corrected chi connectivity index (χ4v) is 2.57. The molecule has 21 heavy (non-hydrogen) atoms. The minimum atomic E-state index is -0.746. The third-order valence-corrected chi connectivity index (χ3v) is 3.94. The van der Waals surface area contributed by atoms with Gasteiger partial charge in [0.15, 0.2) is 5.13 Å². The Bertz CT molecular complexity index is 486. The van der Waals surface area contributed by atoms with Gasteiger partial charge in [-0.1, -0.05) is 13.8 Å². The van der Waals surface area contributed by atoms with Gasteiger partial charge in [-0.15, -0.1) is 11.3 Å². The predicted octanol–water partition coefficient (Wildman–Crippen LogP) is 2.47. The zero-order valence-corrected chi connectivity index (χ0v) is 13.5. The molecule has 3 N–H and O–H groups in total. The Labute approximate surface area is 129 Å². The molecule has 0 aliphatic heterocycles. The Morgan fingerprint density at radius 2 is 2.10 bits per heavy atom. The van der Waals surface area contributed by atoms with Crippen LogP contribution < -0.4 is 10.6 Å². The lowest BCUT2D eigenvalue weighted by Gasteiger charge is -2.23. The van der Waals surface area contributed by atoms with E-state index in [4.69, 9.17) is 5.11 Å². The largest absolute Gasteiger partial charge is 0.481 e. The standard InChI is InChI=1S/C14H23N3O3S/c1-10(18)16-13-17-11(9-21-13)8-15-7-6-14(2,3)5-4-12(19)20/h9,15H,4-8H2,1-3H3,(H,19,20)(H,16,17,18). The summed E-state index contributed by atoms with van der Waals surface area (Å²) in [6.45, 7) is 7.06. The second-order valence-corrected chi connectivity index (χ2v) is 6.67. The van der Waals surface area contributed by atoms with Crippen molar-refractivity contribution in [3.63, 3.8) is 0 Å². The van der Waals surface area contributed by atoms with Gasteiger partial charge in [0.05, 0.1) is 5.69 Å². The second-order valence-electron chi connectivity index (χ2n) is 5.81. The summed E-state index contributed by atoms with van der Waals surface area (Å²) in [5.41, 5.74) is 0.904. The Balaban J connectivity index is 2.25. The number of hydrogen-bond donors (Lipinski definition) is 3. The van der Waals surface area contributed by atoms with Gasteiger partial charge < -0.3 is 15.7 Å². The summed E-state index contributed by atoms with van der Waals surface area (Å²) in [6.07, 6.45) is 1.79. The Morgan fingerprint density at radius 3 is 2.71 bits per heavy atom. The van der Waals surface area contributed by atoms with Gasteiger partial charge in [0.1, 0.15) is 0 Å². The van der Waals surface area contributed by atoms with Crippen LogP contribution in [0.4, 0.5) is 5.13 Å². The molecule has 0 atom stereocenters. The fourth-order valence-electron chi connectivity index (χ4n) is 1.81. The van der Waals surface area contributed by atoms with Gasteiger partial charge in [0, 0.05) is 25.3 Å². The van der Waals surface area contributed by atoms with Crippen molar-refractivity contribution in [2.45, 2.75) is 46.6 Å². The lowest BCUT2D eigenvalue weighted by atomic mass is 9.84. The molecule has 1 rings (SSSR count). The topological polar surface area (TPSA) is 91.3 Å². The average molecular weight is 313 g/mol. The molecule has 0 spiro atoms. The van der Waals surface area contributed by atoms with Crippen LogP contribution in [0.5, 0.6) is 0 Å². The summed E-state index contributed by atoms with van der Waals surface area (Å²) in [5, 5.41) is 17.2. The number of nitrogens with one attached hydrogen (secondary N) is 2. The van der Waals surface area contributed by atoms with Gasteiger partial charge in [0.2, 0.25) is 5.91 Å². The molecule has 0 radical (unpaired) electrons. The van der Waals surface area contributed by atoms with E-state index < -0.39 is 5.97 Å². The van der Waals surface area contributed by atoms with Gasteiger partial charge in [-0.2, -0.15) is 0 Å². The molecule has 0 aliphatic carbocycles. The Hall–Kier alpha value is -1.47. The van der Waals surface area contributed by atoms with Crippen LogP contribution in [0.3, 0.4) is 0 Å². The minimum absolute atomic E-state index is 0.00874. The molecular weight excluding hydrogens is 290 g/mol. The molecule has 1 heterocycles. The van der Waals surface area contributed by atoms with E-state index in [1.54, 1.807) is 0 Å². The lowest BCUT2D eigenvalue weighted by molar-refractivity contribution is -0.137. The molecule has 0 aromatic carbocycles. The van der Waals surface area contributed by atoms with Crippen LogP contribution in [0, 0.1) is 5.41 Å². The van der Waals surface area contributed by atoms with Gasteiger partial charge >= 0.3 is 5.97 Å². The smallest absolute Gasteiger partial charge is 0.303 e. The molecule has 1 aromatic heterocycles. The average Bonchev–Trinajstić information content (AvgIpc) is 2.79. The number of nitrogens with zero attached hydrogens (tertiary/aromatic N) is 1. The third-order valence-electron chi connectivity index (χ3n) is 3.14. The van der Waals surface area contributed by atoms with Crippen molar-refractivity contribution in [1.82, 2.24) is 10.3 Å². The number of carboxylic acids is 1. The van der Waals surface area contributed by atoms with Crippen molar-refractivity contribution in [3.8, 4) is 0 Å². The van der Waals surface area contributed by atoms with Crippen molar-refractivity contribution < 1.29 is 14.7 Å². The van der Waals surface area contributed by atoms with E-state index in [1.807, 2.05) is 5.38 Å². The predicted molar refractivity (Wildman–Crippen MR) is 83.4 cm³/mol. The number of carboxylic acid groups (broad SMARTS) is 1. The van der Waals surface area contributed by atoms with E-state index in [1.165, 1.54) is 18.3 Å². The first-order valence-corrected chi connectivity index (χ1v) is 7.81. The maximum Gasteiger partial charge on any atom is 0.303 e. The number of hydrogen-bond acceptors (Lipinski definition) is 5. The molecular formula is C14H23N3O3S. The first-order chi connectivity index (χ1) is 9.78. The van der Waals surface area contributed by atoms with Crippen molar-refractivity contribution in [3.05, 3.63) is 11.1 Å². The monoisotopic (exact) mass is 313 g/mol. The quantitative estimate of drug-likeness (QED) is 0.609. The lowest BCUT2D eigenvalue weighted by Crippen LogP contribution is -2.23. The van der Waals surface area contributed by atoms with Crippen molar-refractivity contribution in [2.75, 3.05) is 11.9 Å². The zero-order valence-electron chi connectivity index (χ0n) is 12.7. The van der Waals surface area contributed by atoms with Gasteiger partial charge in [-0.25, -0.2) is 4.98 Å². The molecule has 0 saturated carbocycles. The summed E-state index contributed by atoms with van der Waals surface area (Å²) in [6, 6.07) is 0. The van der Waals surface area contributed by atoms with Crippen LogP contribution in [-0.4, -0.2) is 28.5 Å². The highest BCUT2D eigenvalue weighted by atomic mass is 32.1. The highest BCUT2D eigenvalue weighted by Crippen LogP contribution is 2.26. The number of anilines is 1. The molecule has 1 amide bonds. The van der Waals surface area contributed by atoms with Crippen LogP contribution >= 0.6 is 11.3 Å². The van der Waals surface area contributed by atoms with Crippen molar-refractivity contribution >= 4 is 28.3 Å².